The molecule has 8 nitrogen and oxygen atoms in total. The lowest BCUT2D eigenvalue weighted by atomic mass is 10.1. The van der Waals surface area contributed by atoms with Crippen LogP contribution in [0.25, 0.3) is 17.0 Å². The molecule has 1 aliphatic rings. The van der Waals surface area contributed by atoms with Crippen LogP contribution >= 0.6 is 0 Å². The van der Waals surface area contributed by atoms with Crippen LogP contribution < -0.4 is 11.1 Å². The molecule has 1 saturated heterocycles. The molecule has 0 radical (unpaired) electrons. The molecule has 10 heteroatoms. The van der Waals surface area contributed by atoms with E-state index >= 15 is 0 Å². The smallest absolute Gasteiger partial charge is 0.251 e. The minimum absolute atomic E-state index is 0.0502. The molecular weight excluding hydrogens is 373 g/mol. The van der Waals surface area contributed by atoms with E-state index in [1.54, 1.807) is 28.8 Å². The summed E-state index contributed by atoms with van der Waals surface area (Å²) in [6, 6.07) is 7.77. The quantitative estimate of drug-likeness (QED) is 0.669. The summed E-state index contributed by atoms with van der Waals surface area (Å²) >= 11 is 0. The number of aromatic nitrogens is 3. The fourth-order valence-corrected chi connectivity index (χ4v) is 5.00. The van der Waals surface area contributed by atoms with Crippen LogP contribution in [0.3, 0.4) is 0 Å². The van der Waals surface area contributed by atoms with Gasteiger partial charge < -0.3 is 11.1 Å². The second-order valence-electron chi connectivity index (χ2n) is 6.50. The standard InChI is InChI=1S/C17H16FN5O3S/c18-12-6-10(16-22-21-15-3-1-2-4-23(15)16)5-11(7-12)17(24)20-14-9-27(25,26)8-13(14)19/h1-7,13-14H,8-9,19H2,(H,20,24)/t13-,14+/m1/s1. The zero-order chi connectivity index (χ0) is 19.2. The molecule has 0 saturated carbocycles. The number of fused-ring (bicyclic) bond motifs is 1. The van der Waals surface area contributed by atoms with E-state index in [1.807, 2.05) is 0 Å². The zero-order valence-electron chi connectivity index (χ0n) is 14.0. The Morgan fingerprint density at radius 2 is 2.04 bits per heavy atom. The van der Waals surface area contributed by atoms with E-state index in [1.165, 1.54) is 12.1 Å². The van der Waals surface area contributed by atoms with Crippen molar-refractivity contribution in [2.24, 2.45) is 5.73 Å². The summed E-state index contributed by atoms with van der Waals surface area (Å²) in [5, 5.41) is 10.7. The van der Waals surface area contributed by atoms with Crippen molar-refractivity contribution in [2.45, 2.75) is 12.1 Å². The SMILES string of the molecule is N[C@@H]1CS(=O)(=O)C[C@@H]1NC(=O)c1cc(F)cc(-c2nnc3ccccn23)c1. The van der Waals surface area contributed by atoms with Crippen molar-refractivity contribution < 1.29 is 17.6 Å². The van der Waals surface area contributed by atoms with Crippen molar-refractivity contribution in [1.82, 2.24) is 19.9 Å². The van der Waals surface area contributed by atoms with Gasteiger partial charge in [-0.25, -0.2) is 12.8 Å². The number of hydrogen-bond acceptors (Lipinski definition) is 6. The number of rotatable bonds is 3. The van der Waals surface area contributed by atoms with Gasteiger partial charge in [0.15, 0.2) is 21.3 Å². The highest BCUT2D eigenvalue weighted by Gasteiger charge is 2.36. The number of halogens is 1. The number of hydrogen-bond donors (Lipinski definition) is 2. The monoisotopic (exact) mass is 389 g/mol. The largest absolute Gasteiger partial charge is 0.347 e. The van der Waals surface area contributed by atoms with Gasteiger partial charge in [0.2, 0.25) is 0 Å². The molecule has 0 aliphatic carbocycles. The van der Waals surface area contributed by atoms with Crippen LogP contribution in [0, 0.1) is 5.82 Å². The lowest BCUT2D eigenvalue weighted by molar-refractivity contribution is 0.0937. The maximum atomic E-state index is 14.1. The Hall–Kier alpha value is -2.85. The number of amides is 1. The molecule has 3 N–H and O–H groups in total. The maximum absolute atomic E-state index is 14.1. The van der Waals surface area contributed by atoms with Crippen LogP contribution in [0.1, 0.15) is 10.4 Å². The van der Waals surface area contributed by atoms with Crippen LogP contribution in [-0.4, -0.2) is 52.5 Å². The summed E-state index contributed by atoms with van der Waals surface area (Å²) in [4.78, 5) is 12.5. The molecule has 140 valence electrons. The predicted octanol–water partition coefficient (Wildman–Crippen LogP) is 0.390. The summed E-state index contributed by atoms with van der Waals surface area (Å²) in [6.45, 7) is 0. The van der Waals surface area contributed by atoms with E-state index in [0.29, 0.717) is 17.0 Å². The van der Waals surface area contributed by atoms with Gasteiger partial charge in [0, 0.05) is 23.4 Å². The van der Waals surface area contributed by atoms with Crippen LogP contribution in [0.5, 0.6) is 0 Å². The molecule has 1 amide bonds. The highest BCUT2D eigenvalue weighted by atomic mass is 32.2. The van der Waals surface area contributed by atoms with Gasteiger partial charge in [0.1, 0.15) is 5.82 Å². The second-order valence-corrected chi connectivity index (χ2v) is 8.66. The maximum Gasteiger partial charge on any atom is 0.251 e. The molecule has 1 fully saturated rings. The lowest BCUT2D eigenvalue weighted by Crippen LogP contribution is -2.46. The van der Waals surface area contributed by atoms with Gasteiger partial charge in [-0.3, -0.25) is 9.20 Å². The number of nitrogens with one attached hydrogen (secondary N) is 1. The van der Waals surface area contributed by atoms with Gasteiger partial charge >= 0.3 is 0 Å². The normalized spacial score (nSPS) is 21.4. The Bertz CT molecular complexity index is 1140. The first-order chi connectivity index (χ1) is 12.8. The Balaban J connectivity index is 1.66. The van der Waals surface area contributed by atoms with Crippen molar-refractivity contribution in [3.63, 3.8) is 0 Å². The number of sulfone groups is 1. The predicted molar refractivity (Wildman–Crippen MR) is 96.3 cm³/mol. The first-order valence-electron chi connectivity index (χ1n) is 8.20. The molecule has 0 bridgehead atoms. The average molecular weight is 389 g/mol. The number of benzene rings is 1. The molecule has 0 spiro atoms. The van der Waals surface area contributed by atoms with E-state index in [9.17, 15) is 17.6 Å². The zero-order valence-corrected chi connectivity index (χ0v) is 14.9. The van der Waals surface area contributed by atoms with Crippen LogP contribution in [-0.2, 0) is 9.84 Å². The molecule has 27 heavy (non-hydrogen) atoms. The Morgan fingerprint density at radius 1 is 1.22 bits per heavy atom. The highest BCUT2D eigenvalue weighted by molar-refractivity contribution is 7.91. The van der Waals surface area contributed by atoms with Crippen molar-refractivity contribution in [1.29, 1.82) is 0 Å². The van der Waals surface area contributed by atoms with E-state index < -0.39 is 33.6 Å². The van der Waals surface area contributed by atoms with Crippen LogP contribution in [0.2, 0.25) is 0 Å². The summed E-state index contributed by atoms with van der Waals surface area (Å²) < 4.78 is 39.1. The van der Waals surface area contributed by atoms with Gasteiger partial charge in [-0.05, 0) is 30.3 Å². The first-order valence-corrected chi connectivity index (χ1v) is 10.0. The number of nitrogens with two attached hydrogens (primary N) is 1. The molecule has 3 heterocycles. The Kier molecular flexibility index (Phi) is 4.16. The third kappa shape index (κ3) is 3.40. The number of carbonyl (C=O) groups excluding carboxylic acids is 1. The lowest BCUT2D eigenvalue weighted by Gasteiger charge is -2.16. The number of nitrogens with zero attached hydrogens (tertiary/aromatic N) is 3. The first kappa shape index (κ1) is 17.6. The van der Waals surface area contributed by atoms with Gasteiger partial charge in [0.05, 0.1) is 17.5 Å². The van der Waals surface area contributed by atoms with Crippen LogP contribution in [0.4, 0.5) is 4.39 Å². The average Bonchev–Trinajstić information content (AvgIpc) is 3.14. The molecule has 1 aromatic carbocycles. The topological polar surface area (TPSA) is 119 Å². The Morgan fingerprint density at radius 3 is 2.78 bits per heavy atom. The summed E-state index contributed by atoms with van der Waals surface area (Å²) in [7, 11) is -3.28. The minimum Gasteiger partial charge on any atom is -0.347 e. The number of pyridine rings is 1. The Labute approximate surface area is 154 Å². The fraction of sp³-hybridized carbons (Fsp3) is 0.235. The fourth-order valence-electron chi connectivity index (χ4n) is 3.16. The molecule has 2 aromatic heterocycles. The van der Waals surface area contributed by atoms with Gasteiger partial charge in [-0.15, -0.1) is 10.2 Å². The third-order valence-corrected chi connectivity index (χ3v) is 6.20. The van der Waals surface area contributed by atoms with Crippen molar-refractivity contribution in [3.05, 3.63) is 54.0 Å². The molecule has 2 atom stereocenters. The van der Waals surface area contributed by atoms with Crippen LogP contribution in [0.15, 0.2) is 42.6 Å². The van der Waals surface area contributed by atoms with Gasteiger partial charge in [-0.1, -0.05) is 6.07 Å². The van der Waals surface area contributed by atoms with Gasteiger partial charge in [-0.2, -0.15) is 0 Å². The summed E-state index contributed by atoms with van der Waals surface area (Å²) in [5.41, 5.74) is 6.81. The molecule has 0 unspecified atom stereocenters. The second kappa shape index (κ2) is 6.39. The highest BCUT2D eigenvalue weighted by Crippen LogP contribution is 2.22. The van der Waals surface area contributed by atoms with E-state index in [2.05, 4.69) is 15.5 Å². The number of carbonyl (C=O) groups is 1. The summed E-state index contributed by atoms with van der Waals surface area (Å²) in [5.74, 6) is -1.23. The molecular formula is C17H16FN5O3S. The van der Waals surface area contributed by atoms with Gasteiger partial charge in [0.25, 0.3) is 5.91 Å². The van der Waals surface area contributed by atoms with E-state index in [-0.39, 0.29) is 17.1 Å². The summed E-state index contributed by atoms with van der Waals surface area (Å²) in [6.07, 6.45) is 1.73. The molecule has 1 aliphatic heterocycles. The molecule has 4 rings (SSSR count). The van der Waals surface area contributed by atoms with E-state index in [0.717, 1.165) is 6.07 Å². The van der Waals surface area contributed by atoms with Crippen molar-refractivity contribution >= 4 is 21.4 Å². The van der Waals surface area contributed by atoms with E-state index in [4.69, 9.17) is 5.73 Å². The van der Waals surface area contributed by atoms with Crippen molar-refractivity contribution in [3.8, 4) is 11.4 Å². The van der Waals surface area contributed by atoms with Crippen molar-refractivity contribution in [2.75, 3.05) is 11.5 Å². The molecule has 3 aromatic rings. The minimum atomic E-state index is -3.28. The third-order valence-electron chi connectivity index (χ3n) is 4.45.